The fourth-order valence-electron chi connectivity index (χ4n) is 3.49. The van der Waals surface area contributed by atoms with Crippen molar-refractivity contribution in [3.63, 3.8) is 0 Å². The van der Waals surface area contributed by atoms with Gasteiger partial charge in [-0.25, -0.2) is 9.69 Å². The van der Waals surface area contributed by atoms with Crippen molar-refractivity contribution in [3.05, 3.63) is 94.0 Å². The van der Waals surface area contributed by atoms with Crippen LogP contribution in [0.15, 0.2) is 83.3 Å². The summed E-state index contributed by atoms with van der Waals surface area (Å²) in [6.07, 6.45) is 1.19. The Labute approximate surface area is 216 Å². The third-order valence-electron chi connectivity index (χ3n) is 5.23. The number of urea groups is 1. The van der Waals surface area contributed by atoms with Crippen LogP contribution in [0.25, 0.3) is 6.08 Å². The van der Waals surface area contributed by atoms with Crippen molar-refractivity contribution in [2.75, 3.05) is 11.5 Å². The minimum Gasteiger partial charge on any atom is -0.490 e. The van der Waals surface area contributed by atoms with Crippen molar-refractivity contribution in [1.29, 1.82) is 0 Å². The summed E-state index contributed by atoms with van der Waals surface area (Å²) in [5.41, 5.74) is -0.364. The molecule has 0 saturated carbocycles. The fourth-order valence-corrected chi connectivity index (χ4v) is 4.45. The standard InChI is InChI=1S/C25H19N3O9S/c1-2-36-22-15-16(8-13-21(22)37-38(34,35)19-6-4-3-5-7-19)14-20-23(29)26-25(31)27(24(20)30)17-9-11-18(12-10-17)28(32)33/h3-15H,2H2,1H3,(H,26,29,31)/b20-14+. The zero-order chi connectivity index (χ0) is 27.4. The van der Waals surface area contributed by atoms with Crippen LogP contribution in [-0.4, -0.2) is 37.8 Å². The summed E-state index contributed by atoms with van der Waals surface area (Å²) < 4.78 is 36.1. The normalized spacial score (nSPS) is 14.8. The van der Waals surface area contributed by atoms with Crippen molar-refractivity contribution in [1.82, 2.24) is 5.32 Å². The van der Waals surface area contributed by atoms with E-state index in [-0.39, 0.29) is 39.9 Å². The van der Waals surface area contributed by atoms with Crippen molar-refractivity contribution in [3.8, 4) is 11.5 Å². The molecular weight excluding hydrogens is 518 g/mol. The van der Waals surface area contributed by atoms with Crippen LogP contribution in [0, 0.1) is 10.1 Å². The smallest absolute Gasteiger partial charge is 0.339 e. The molecule has 12 nitrogen and oxygen atoms in total. The minimum absolute atomic E-state index is 0.0152. The second kappa shape index (κ2) is 10.5. The fraction of sp³-hybridized carbons (Fsp3) is 0.0800. The number of hydrogen-bond acceptors (Lipinski definition) is 9. The predicted octanol–water partition coefficient (Wildman–Crippen LogP) is 3.43. The van der Waals surface area contributed by atoms with Gasteiger partial charge in [-0.1, -0.05) is 24.3 Å². The van der Waals surface area contributed by atoms with Gasteiger partial charge >= 0.3 is 16.1 Å². The second-order valence-corrected chi connectivity index (χ2v) is 9.27. The molecule has 0 aromatic heterocycles. The van der Waals surface area contributed by atoms with E-state index in [1.807, 2.05) is 0 Å². The van der Waals surface area contributed by atoms with Gasteiger partial charge in [0.25, 0.3) is 17.5 Å². The van der Waals surface area contributed by atoms with Crippen LogP contribution in [-0.2, 0) is 19.7 Å². The molecule has 4 rings (SSSR count). The summed E-state index contributed by atoms with van der Waals surface area (Å²) in [4.78, 5) is 48.9. The summed E-state index contributed by atoms with van der Waals surface area (Å²) in [6.45, 7) is 1.83. The van der Waals surface area contributed by atoms with E-state index < -0.39 is 38.5 Å². The molecule has 0 aliphatic carbocycles. The zero-order valence-corrected chi connectivity index (χ0v) is 20.5. The molecule has 1 aliphatic heterocycles. The number of nitro benzene ring substituents is 1. The number of imide groups is 2. The average molecular weight is 538 g/mol. The summed E-state index contributed by atoms with van der Waals surface area (Å²) in [6, 6.07) is 15.2. The molecule has 38 heavy (non-hydrogen) atoms. The number of nitrogens with one attached hydrogen (secondary N) is 1. The Kier molecular flexibility index (Phi) is 7.21. The molecule has 1 saturated heterocycles. The number of rotatable bonds is 8. The molecule has 0 spiro atoms. The van der Waals surface area contributed by atoms with E-state index >= 15 is 0 Å². The Morgan fingerprint density at radius 2 is 1.66 bits per heavy atom. The van der Waals surface area contributed by atoms with E-state index in [9.17, 15) is 32.9 Å². The molecule has 0 bridgehead atoms. The Bertz CT molecular complexity index is 1570. The van der Waals surface area contributed by atoms with Crippen molar-refractivity contribution in [2.45, 2.75) is 11.8 Å². The van der Waals surface area contributed by atoms with E-state index in [1.54, 1.807) is 25.1 Å². The van der Waals surface area contributed by atoms with E-state index in [0.717, 1.165) is 12.1 Å². The first-order valence-electron chi connectivity index (χ1n) is 11.0. The number of carbonyl (C=O) groups is 3. The van der Waals surface area contributed by atoms with Crippen molar-refractivity contribution >= 4 is 45.4 Å². The molecule has 1 aliphatic rings. The van der Waals surface area contributed by atoms with Crippen LogP contribution in [0.5, 0.6) is 11.5 Å². The van der Waals surface area contributed by atoms with Crippen LogP contribution >= 0.6 is 0 Å². The summed E-state index contributed by atoms with van der Waals surface area (Å²) in [5, 5.41) is 13.0. The van der Waals surface area contributed by atoms with E-state index in [2.05, 4.69) is 5.32 Å². The summed E-state index contributed by atoms with van der Waals surface area (Å²) >= 11 is 0. The molecular formula is C25H19N3O9S. The van der Waals surface area contributed by atoms with Crippen molar-refractivity contribution < 1.29 is 36.6 Å². The SMILES string of the molecule is CCOc1cc(/C=C2\C(=O)NC(=O)N(c3ccc([N+](=O)[O-])cc3)C2=O)ccc1OS(=O)(=O)c1ccccc1. The number of non-ortho nitro benzene ring substituents is 1. The monoisotopic (exact) mass is 537 g/mol. The van der Waals surface area contributed by atoms with Gasteiger partial charge in [0.15, 0.2) is 11.5 Å². The predicted molar refractivity (Wildman–Crippen MR) is 134 cm³/mol. The topological polar surface area (TPSA) is 162 Å². The van der Waals surface area contributed by atoms with Gasteiger partial charge in [0.1, 0.15) is 10.5 Å². The molecule has 4 amide bonds. The van der Waals surface area contributed by atoms with Crippen LogP contribution < -0.4 is 19.1 Å². The van der Waals surface area contributed by atoms with E-state index in [4.69, 9.17) is 8.92 Å². The van der Waals surface area contributed by atoms with E-state index in [1.165, 1.54) is 48.5 Å². The molecule has 3 aromatic rings. The van der Waals surface area contributed by atoms with E-state index in [0.29, 0.717) is 4.90 Å². The van der Waals surface area contributed by atoms with Gasteiger partial charge in [-0.2, -0.15) is 8.42 Å². The summed E-state index contributed by atoms with van der Waals surface area (Å²) in [7, 11) is -4.16. The van der Waals surface area contributed by atoms with Crippen LogP contribution in [0.3, 0.4) is 0 Å². The lowest BCUT2D eigenvalue weighted by atomic mass is 10.1. The highest BCUT2D eigenvalue weighted by Gasteiger charge is 2.37. The number of anilines is 1. The summed E-state index contributed by atoms with van der Waals surface area (Å²) in [5.74, 6) is -1.99. The maximum absolute atomic E-state index is 13.1. The molecule has 1 fully saturated rings. The number of hydrogen-bond donors (Lipinski definition) is 1. The van der Waals surface area contributed by atoms with Crippen molar-refractivity contribution in [2.24, 2.45) is 0 Å². The Hall–Kier alpha value is -5.04. The molecule has 0 radical (unpaired) electrons. The quantitative estimate of drug-likeness (QED) is 0.149. The lowest BCUT2D eigenvalue weighted by Gasteiger charge is -2.26. The molecule has 13 heteroatoms. The van der Waals surface area contributed by atoms with Gasteiger partial charge in [-0.3, -0.25) is 25.0 Å². The van der Waals surface area contributed by atoms with Gasteiger partial charge in [0, 0.05) is 12.1 Å². The molecule has 3 aromatic carbocycles. The Balaban J connectivity index is 1.66. The Morgan fingerprint density at radius 3 is 2.29 bits per heavy atom. The lowest BCUT2D eigenvalue weighted by molar-refractivity contribution is -0.384. The first kappa shape index (κ1) is 26.0. The highest BCUT2D eigenvalue weighted by molar-refractivity contribution is 7.87. The number of nitrogens with zero attached hydrogens (tertiary/aromatic N) is 2. The van der Waals surface area contributed by atoms with Crippen LogP contribution in [0.1, 0.15) is 12.5 Å². The third kappa shape index (κ3) is 5.37. The van der Waals surface area contributed by atoms with Gasteiger partial charge in [-0.05, 0) is 55.0 Å². The second-order valence-electron chi connectivity index (χ2n) is 7.72. The highest BCUT2D eigenvalue weighted by atomic mass is 32.2. The number of ether oxygens (including phenoxy) is 1. The number of carbonyl (C=O) groups excluding carboxylic acids is 3. The molecule has 1 N–H and O–H groups in total. The van der Waals surface area contributed by atoms with Gasteiger partial charge in [0.2, 0.25) is 0 Å². The molecule has 194 valence electrons. The Morgan fingerprint density at radius 1 is 0.974 bits per heavy atom. The number of nitro groups is 1. The molecule has 0 atom stereocenters. The number of barbiturate groups is 1. The number of amides is 4. The first-order chi connectivity index (χ1) is 18.1. The number of benzene rings is 3. The van der Waals surface area contributed by atoms with Crippen LogP contribution in [0.4, 0.5) is 16.2 Å². The molecule has 1 heterocycles. The largest absolute Gasteiger partial charge is 0.490 e. The average Bonchev–Trinajstić information content (AvgIpc) is 2.89. The van der Waals surface area contributed by atoms with Gasteiger partial charge < -0.3 is 8.92 Å². The third-order valence-corrected chi connectivity index (χ3v) is 6.48. The first-order valence-corrected chi connectivity index (χ1v) is 12.4. The van der Waals surface area contributed by atoms with Crippen LogP contribution in [0.2, 0.25) is 0 Å². The minimum atomic E-state index is -4.16. The van der Waals surface area contributed by atoms with Gasteiger partial charge in [-0.15, -0.1) is 0 Å². The maximum Gasteiger partial charge on any atom is 0.339 e. The lowest BCUT2D eigenvalue weighted by Crippen LogP contribution is -2.54. The zero-order valence-electron chi connectivity index (χ0n) is 19.7. The molecule has 0 unspecified atom stereocenters. The van der Waals surface area contributed by atoms with Gasteiger partial charge in [0.05, 0.1) is 17.2 Å². The highest BCUT2D eigenvalue weighted by Crippen LogP contribution is 2.32. The maximum atomic E-state index is 13.1.